The normalized spacial score (nSPS) is 10.0. The van der Waals surface area contributed by atoms with Crippen molar-refractivity contribution in [1.29, 1.82) is 0 Å². The van der Waals surface area contributed by atoms with Gasteiger partial charge in [0, 0.05) is 16.7 Å². The van der Waals surface area contributed by atoms with E-state index in [-0.39, 0.29) is 0 Å². The van der Waals surface area contributed by atoms with E-state index in [1.165, 1.54) is 0 Å². The standard InChI is InChI=1S/C15H16BrNO2/c1-18-12-6-8-13(9-7-12)19-11-10-17-15-5-3-2-4-14(15)16/h2-9,17H,10-11H2,1H3. The summed E-state index contributed by atoms with van der Waals surface area (Å²) in [6.45, 7) is 1.35. The van der Waals surface area contributed by atoms with Gasteiger partial charge in [-0.05, 0) is 52.3 Å². The van der Waals surface area contributed by atoms with Gasteiger partial charge in [-0.3, -0.25) is 0 Å². The van der Waals surface area contributed by atoms with Gasteiger partial charge in [-0.2, -0.15) is 0 Å². The Balaban J connectivity index is 1.76. The van der Waals surface area contributed by atoms with Crippen LogP contribution in [0.2, 0.25) is 0 Å². The van der Waals surface area contributed by atoms with Crippen LogP contribution in [0.4, 0.5) is 5.69 Å². The van der Waals surface area contributed by atoms with Gasteiger partial charge >= 0.3 is 0 Å². The number of nitrogens with one attached hydrogen (secondary N) is 1. The Morgan fingerprint density at radius 3 is 2.37 bits per heavy atom. The van der Waals surface area contributed by atoms with Gasteiger partial charge in [-0.1, -0.05) is 12.1 Å². The van der Waals surface area contributed by atoms with Gasteiger partial charge in [0.15, 0.2) is 0 Å². The molecule has 0 saturated carbocycles. The quantitative estimate of drug-likeness (QED) is 0.817. The number of benzene rings is 2. The highest BCUT2D eigenvalue weighted by atomic mass is 79.9. The van der Waals surface area contributed by atoms with Crippen LogP contribution in [0.3, 0.4) is 0 Å². The third kappa shape index (κ3) is 4.17. The van der Waals surface area contributed by atoms with E-state index in [0.717, 1.165) is 28.2 Å². The molecule has 2 rings (SSSR count). The summed E-state index contributed by atoms with van der Waals surface area (Å²) in [5.41, 5.74) is 1.07. The van der Waals surface area contributed by atoms with E-state index < -0.39 is 0 Å². The summed E-state index contributed by atoms with van der Waals surface area (Å²) < 4.78 is 11.8. The van der Waals surface area contributed by atoms with Crippen LogP contribution in [0.5, 0.6) is 11.5 Å². The molecule has 0 radical (unpaired) electrons. The lowest BCUT2D eigenvalue weighted by Crippen LogP contribution is -2.11. The predicted octanol–water partition coefficient (Wildman–Crippen LogP) is 3.95. The van der Waals surface area contributed by atoms with Gasteiger partial charge in [-0.15, -0.1) is 0 Å². The molecule has 4 heteroatoms. The molecule has 0 aliphatic rings. The number of rotatable bonds is 6. The Kier molecular flexibility index (Phi) is 5.10. The van der Waals surface area contributed by atoms with Crippen LogP contribution in [-0.2, 0) is 0 Å². The minimum atomic E-state index is 0.605. The Bertz CT molecular complexity index is 514. The molecule has 3 nitrogen and oxygen atoms in total. The molecule has 2 aromatic carbocycles. The molecule has 0 fully saturated rings. The number of hydrogen-bond donors (Lipinski definition) is 1. The first-order chi connectivity index (χ1) is 9.29. The summed E-state index contributed by atoms with van der Waals surface area (Å²) in [5, 5.41) is 3.31. The summed E-state index contributed by atoms with van der Waals surface area (Å²) in [5.74, 6) is 1.67. The van der Waals surface area contributed by atoms with E-state index in [4.69, 9.17) is 9.47 Å². The molecule has 0 heterocycles. The van der Waals surface area contributed by atoms with Crippen LogP contribution >= 0.6 is 15.9 Å². The van der Waals surface area contributed by atoms with Crippen molar-refractivity contribution >= 4 is 21.6 Å². The van der Waals surface area contributed by atoms with Crippen LogP contribution in [0.25, 0.3) is 0 Å². The lowest BCUT2D eigenvalue weighted by atomic mass is 10.3. The van der Waals surface area contributed by atoms with Gasteiger partial charge in [-0.25, -0.2) is 0 Å². The molecule has 1 N–H and O–H groups in total. The summed E-state index contributed by atoms with van der Waals surface area (Å²) in [6, 6.07) is 15.6. The highest BCUT2D eigenvalue weighted by Gasteiger charge is 1.98. The number of ether oxygens (including phenoxy) is 2. The number of hydrogen-bond acceptors (Lipinski definition) is 3. The maximum Gasteiger partial charge on any atom is 0.119 e. The van der Waals surface area contributed by atoms with E-state index in [0.29, 0.717) is 6.61 Å². The first-order valence-corrected chi connectivity index (χ1v) is 6.84. The Hall–Kier alpha value is -1.68. The Morgan fingerprint density at radius 2 is 1.68 bits per heavy atom. The summed E-state index contributed by atoms with van der Waals surface area (Å²) in [4.78, 5) is 0. The van der Waals surface area contributed by atoms with Gasteiger partial charge in [0.1, 0.15) is 18.1 Å². The lowest BCUT2D eigenvalue weighted by molar-refractivity contribution is 0.331. The Labute approximate surface area is 121 Å². The molecule has 0 amide bonds. The van der Waals surface area contributed by atoms with Crippen LogP contribution < -0.4 is 14.8 Å². The molecular formula is C15H16BrNO2. The second kappa shape index (κ2) is 7.04. The van der Waals surface area contributed by atoms with Gasteiger partial charge < -0.3 is 14.8 Å². The molecule has 0 atom stereocenters. The zero-order valence-electron chi connectivity index (χ0n) is 10.7. The molecule has 100 valence electrons. The smallest absolute Gasteiger partial charge is 0.119 e. The van der Waals surface area contributed by atoms with Crippen molar-refractivity contribution in [2.45, 2.75) is 0 Å². The van der Waals surface area contributed by atoms with Crippen molar-refractivity contribution in [3.05, 3.63) is 53.0 Å². The molecule has 2 aromatic rings. The molecule has 0 unspecified atom stereocenters. The molecule has 0 aliphatic heterocycles. The van der Waals surface area contributed by atoms with Crippen molar-refractivity contribution in [2.24, 2.45) is 0 Å². The first kappa shape index (κ1) is 13.7. The molecule has 0 bridgehead atoms. The number of anilines is 1. The molecule has 0 aromatic heterocycles. The highest BCUT2D eigenvalue weighted by Crippen LogP contribution is 2.21. The highest BCUT2D eigenvalue weighted by molar-refractivity contribution is 9.10. The maximum atomic E-state index is 5.63. The predicted molar refractivity (Wildman–Crippen MR) is 81.1 cm³/mol. The van der Waals surface area contributed by atoms with Crippen molar-refractivity contribution in [3.63, 3.8) is 0 Å². The van der Waals surface area contributed by atoms with E-state index >= 15 is 0 Å². The van der Waals surface area contributed by atoms with E-state index in [1.54, 1.807) is 7.11 Å². The minimum Gasteiger partial charge on any atom is -0.497 e. The first-order valence-electron chi connectivity index (χ1n) is 6.05. The second-order valence-corrected chi connectivity index (χ2v) is 4.78. The zero-order chi connectivity index (χ0) is 13.5. The van der Waals surface area contributed by atoms with Crippen molar-refractivity contribution < 1.29 is 9.47 Å². The van der Waals surface area contributed by atoms with E-state index in [2.05, 4.69) is 21.2 Å². The number of methoxy groups -OCH3 is 1. The summed E-state index contributed by atoms with van der Waals surface area (Å²) in [7, 11) is 1.65. The minimum absolute atomic E-state index is 0.605. The van der Waals surface area contributed by atoms with E-state index in [1.807, 2.05) is 48.5 Å². The average Bonchev–Trinajstić information content (AvgIpc) is 2.46. The van der Waals surface area contributed by atoms with Crippen LogP contribution in [-0.4, -0.2) is 20.3 Å². The van der Waals surface area contributed by atoms with Crippen LogP contribution in [0.1, 0.15) is 0 Å². The monoisotopic (exact) mass is 321 g/mol. The number of para-hydroxylation sites is 1. The molecule has 0 spiro atoms. The molecule has 19 heavy (non-hydrogen) atoms. The van der Waals surface area contributed by atoms with Crippen molar-refractivity contribution in [2.75, 3.05) is 25.6 Å². The van der Waals surface area contributed by atoms with Crippen molar-refractivity contribution in [3.8, 4) is 11.5 Å². The van der Waals surface area contributed by atoms with Gasteiger partial charge in [0.2, 0.25) is 0 Å². The van der Waals surface area contributed by atoms with Gasteiger partial charge in [0.25, 0.3) is 0 Å². The lowest BCUT2D eigenvalue weighted by Gasteiger charge is -2.10. The topological polar surface area (TPSA) is 30.5 Å². The van der Waals surface area contributed by atoms with Crippen LogP contribution in [0.15, 0.2) is 53.0 Å². The number of halogens is 1. The SMILES string of the molecule is COc1ccc(OCCNc2ccccc2Br)cc1. The largest absolute Gasteiger partial charge is 0.497 e. The summed E-state index contributed by atoms with van der Waals surface area (Å²) >= 11 is 3.49. The van der Waals surface area contributed by atoms with Crippen LogP contribution in [0, 0.1) is 0 Å². The summed E-state index contributed by atoms with van der Waals surface area (Å²) in [6.07, 6.45) is 0. The van der Waals surface area contributed by atoms with E-state index in [9.17, 15) is 0 Å². The van der Waals surface area contributed by atoms with Crippen molar-refractivity contribution in [1.82, 2.24) is 0 Å². The molecule has 0 aliphatic carbocycles. The fourth-order valence-electron chi connectivity index (χ4n) is 1.63. The maximum absolute atomic E-state index is 5.63. The third-order valence-electron chi connectivity index (χ3n) is 2.62. The third-order valence-corrected chi connectivity index (χ3v) is 3.31. The average molecular weight is 322 g/mol. The Morgan fingerprint density at radius 1 is 1.00 bits per heavy atom. The fraction of sp³-hybridized carbons (Fsp3) is 0.200. The zero-order valence-corrected chi connectivity index (χ0v) is 12.3. The molecular weight excluding hydrogens is 306 g/mol. The fourth-order valence-corrected chi connectivity index (χ4v) is 2.06. The second-order valence-electron chi connectivity index (χ2n) is 3.93. The van der Waals surface area contributed by atoms with Gasteiger partial charge in [0.05, 0.1) is 7.11 Å². The molecule has 0 saturated heterocycles.